The number of aliphatic hydroxyl groups is 1. The highest BCUT2D eigenvalue weighted by Gasteiger charge is 2.49. The fraction of sp³-hybridized carbons (Fsp3) is 0.250. The summed E-state index contributed by atoms with van der Waals surface area (Å²) in [6.07, 6.45) is 2.95. The maximum Gasteiger partial charge on any atom is 0.142 e. The summed E-state index contributed by atoms with van der Waals surface area (Å²) in [4.78, 5) is 6.13. The Bertz CT molecular complexity index is 1180. The van der Waals surface area contributed by atoms with Crippen LogP contribution in [0.5, 0.6) is 0 Å². The Hall–Kier alpha value is -2.80. The van der Waals surface area contributed by atoms with Crippen molar-refractivity contribution in [2.45, 2.75) is 30.9 Å². The highest BCUT2D eigenvalue weighted by Crippen LogP contribution is 2.47. The molecule has 0 amide bonds. The molecule has 0 saturated heterocycles. The minimum Gasteiger partial charge on any atom is -0.390 e. The Balaban J connectivity index is 1.56. The monoisotopic (exact) mass is 416 g/mol. The normalized spacial score (nSPS) is 23.3. The quantitative estimate of drug-likeness (QED) is 0.511. The summed E-state index contributed by atoms with van der Waals surface area (Å²) in [5.41, 5.74) is 10.6. The van der Waals surface area contributed by atoms with Crippen LogP contribution in [0.4, 0.5) is 0 Å². The average Bonchev–Trinajstić information content (AvgIpc) is 3.33. The van der Waals surface area contributed by atoms with Gasteiger partial charge in [-0.2, -0.15) is 5.10 Å². The van der Waals surface area contributed by atoms with E-state index in [4.69, 9.17) is 10.7 Å². The smallest absolute Gasteiger partial charge is 0.142 e. The highest BCUT2D eigenvalue weighted by molar-refractivity contribution is 7.18. The third-order valence-corrected chi connectivity index (χ3v) is 6.96. The summed E-state index contributed by atoms with van der Waals surface area (Å²) in [6, 6.07) is 20.7. The van der Waals surface area contributed by atoms with E-state index >= 15 is 0 Å². The van der Waals surface area contributed by atoms with Crippen molar-refractivity contribution in [2.75, 3.05) is 0 Å². The number of nitrogens with zero attached hydrogens (tertiary/aromatic N) is 3. The molecule has 1 fully saturated rings. The molecule has 152 valence electrons. The van der Waals surface area contributed by atoms with Gasteiger partial charge >= 0.3 is 0 Å². The summed E-state index contributed by atoms with van der Waals surface area (Å²) in [6.45, 7) is 1.84. The molecule has 0 spiro atoms. The molecule has 5 nitrogen and oxygen atoms in total. The van der Waals surface area contributed by atoms with Crippen LogP contribution < -0.4 is 5.73 Å². The van der Waals surface area contributed by atoms with Crippen molar-refractivity contribution >= 4 is 11.3 Å². The number of benzene rings is 2. The van der Waals surface area contributed by atoms with Crippen molar-refractivity contribution in [3.05, 3.63) is 72.4 Å². The summed E-state index contributed by atoms with van der Waals surface area (Å²) >= 11 is 1.67. The Labute approximate surface area is 179 Å². The van der Waals surface area contributed by atoms with E-state index in [0.717, 1.165) is 38.0 Å². The van der Waals surface area contributed by atoms with Crippen LogP contribution in [0.2, 0.25) is 0 Å². The Kier molecular flexibility index (Phi) is 4.39. The number of aromatic nitrogens is 3. The standard InChI is InChI=1S/C24H24N4OS/c1-23(29)14-24(25,15-23)18-10-8-16(9-11-18)20-21(17-6-4-3-5-7-17)30-22(27-20)19-12-13-26-28(19)2/h3-13,29H,14-15,25H2,1-2H3/t23-,24-. The molecule has 0 radical (unpaired) electrons. The number of aryl methyl sites for hydroxylation is 1. The molecule has 1 aliphatic carbocycles. The fourth-order valence-electron chi connectivity index (χ4n) is 4.47. The van der Waals surface area contributed by atoms with Crippen LogP contribution >= 0.6 is 11.3 Å². The van der Waals surface area contributed by atoms with Gasteiger partial charge in [-0.3, -0.25) is 4.68 Å². The molecule has 2 heterocycles. The molecule has 3 N–H and O–H groups in total. The molecule has 5 rings (SSSR count). The molecule has 0 unspecified atom stereocenters. The van der Waals surface area contributed by atoms with Crippen molar-refractivity contribution in [2.24, 2.45) is 12.8 Å². The SMILES string of the molecule is Cn1nccc1-c1nc(-c2ccc([C@]3(N)C[C@](C)(O)C3)cc2)c(-c2ccccc2)s1. The molecule has 0 atom stereocenters. The van der Waals surface area contributed by atoms with Gasteiger partial charge in [-0.25, -0.2) is 4.98 Å². The zero-order chi connectivity index (χ0) is 20.9. The minimum atomic E-state index is -0.666. The van der Waals surface area contributed by atoms with E-state index < -0.39 is 11.1 Å². The average molecular weight is 417 g/mol. The van der Waals surface area contributed by atoms with Gasteiger partial charge in [-0.1, -0.05) is 54.6 Å². The van der Waals surface area contributed by atoms with Crippen molar-refractivity contribution < 1.29 is 5.11 Å². The van der Waals surface area contributed by atoms with E-state index in [9.17, 15) is 5.11 Å². The number of nitrogens with two attached hydrogens (primary N) is 1. The van der Waals surface area contributed by atoms with Crippen molar-refractivity contribution in [3.8, 4) is 32.4 Å². The molecular formula is C24H24N4OS. The van der Waals surface area contributed by atoms with Crippen LogP contribution in [-0.2, 0) is 12.6 Å². The summed E-state index contributed by atoms with van der Waals surface area (Å²) in [5, 5.41) is 15.4. The molecule has 0 aliphatic heterocycles. The molecule has 1 saturated carbocycles. The van der Waals surface area contributed by atoms with Crippen LogP contribution in [0.3, 0.4) is 0 Å². The third kappa shape index (κ3) is 3.27. The van der Waals surface area contributed by atoms with E-state index in [1.165, 1.54) is 0 Å². The molecule has 30 heavy (non-hydrogen) atoms. The number of thiazole rings is 1. The lowest BCUT2D eigenvalue weighted by molar-refractivity contribution is -0.0738. The van der Waals surface area contributed by atoms with Gasteiger partial charge in [-0.15, -0.1) is 11.3 Å². The lowest BCUT2D eigenvalue weighted by atomic mass is 9.63. The number of hydrogen-bond donors (Lipinski definition) is 2. The van der Waals surface area contributed by atoms with E-state index in [2.05, 4.69) is 41.5 Å². The molecular weight excluding hydrogens is 392 g/mol. The van der Waals surface area contributed by atoms with Gasteiger partial charge in [0.05, 0.1) is 21.9 Å². The molecule has 4 aromatic rings. The first kappa shape index (κ1) is 19.2. The van der Waals surface area contributed by atoms with Gasteiger partial charge in [0.2, 0.25) is 0 Å². The Morgan fingerprint density at radius 2 is 1.70 bits per heavy atom. The van der Waals surface area contributed by atoms with E-state index in [0.29, 0.717) is 12.8 Å². The second-order valence-electron chi connectivity index (χ2n) is 8.49. The van der Waals surface area contributed by atoms with Crippen LogP contribution in [0.25, 0.3) is 32.4 Å². The van der Waals surface area contributed by atoms with Gasteiger partial charge in [-0.05, 0) is 37.0 Å². The lowest BCUT2D eigenvalue weighted by Gasteiger charge is -2.49. The van der Waals surface area contributed by atoms with Crippen LogP contribution in [-0.4, -0.2) is 25.5 Å². The number of rotatable bonds is 4. The zero-order valence-electron chi connectivity index (χ0n) is 17.0. The molecule has 6 heteroatoms. The first-order chi connectivity index (χ1) is 14.3. The first-order valence-corrected chi connectivity index (χ1v) is 10.8. The van der Waals surface area contributed by atoms with E-state index in [1.807, 2.05) is 42.9 Å². The molecule has 0 bridgehead atoms. The zero-order valence-corrected chi connectivity index (χ0v) is 17.9. The van der Waals surface area contributed by atoms with E-state index in [1.54, 1.807) is 17.5 Å². The van der Waals surface area contributed by atoms with Crippen molar-refractivity contribution in [3.63, 3.8) is 0 Å². The maximum atomic E-state index is 10.1. The summed E-state index contributed by atoms with van der Waals surface area (Å²) < 4.78 is 1.85. The Morgan fingerprint density at radius 1 is 1.00 bits per heavy atom. The predicted molar refractivity (Wildman–Crippen MR) is 121 cm³/mol. The topological polar surface area (TPSA) is 77.0 Å². The third-order valence-electron chi connectivity index (χ3n) is 5.83. The summed E-state index contributed by atoms with van der Waals surface area (Å²) in [5.74, 6) is 0. The Morgan fingerprint density at radius 3 is 2.30 bits per heavy atom. The molecule has 2 aromatic heterocycles. The van der Waals surface area contributed by atoms with Crippen LogP contribution in [0, 0.1) is 0 Å². The predicted octanol–water partition coefficient (Wildman–Crippen LogP) is 4.58. The van der Waals surface area contributed by atoms with Crippen LogP contribution in [0.15, 0.2) is 66.9 Å². The maximum absolute atomic E-state index is 10.1. The van der Waals surface area contributed by atoms with E-state index in [-0.39, 0.29) is 0 Å². The van der Waals surface area contributed by atoms with Gasteiger partial charge in [0.25, 0.3) is 0 Å². The molecule has 2 aromatic carbocycles. The van der Waals surface area contributed by atoms with Gasteiger partial charge < -0.3 is 10.8 Å². The highest BCUT2D eigenvalue weighted by atomic mass is 32.1. The van der Waals surface area contributed by atoms with Gasteiger partial charge in [0.1, 0.15) is 5.01 Å². The fourth-order valence-corrected chi connectivity index (χ4v) is 5.61. The second-order valence-corrected chi connectivity index (χ2v) is 9.49. The van der Waals surface area contributed by atoms with Crippen molar-refractivity contribution in [1.82, 2.24) is 14.8 Å². The minimum absolute atomic E-state index is 0.452. The number of hydrogen-bond acceptors (Lipinski definition) is 5. The molecule has 1 aliphatic rings. The van der Waals surface area contributed by atoms with Gasteiger partial charge in [0.15, 0.2) is 0 Å². The first-order valence-electron chi connectivity index (χ1n) is 10.0. The second kappa shape index (κ2) is 6.87. The van der Waals surface area contributed by atoms with Crippen molar-refractivity contribution in [1.29, 1.82) is 0 Å². The largest absolute Gasteiger partial charge is 0.390 e. The summed E-state index contributed by atoms with van der Waals surface area (Å²) in [7, 11) is 1.93. The van der Waals surface area contributed by atoms with Crippen LogP contribution in [0.1, 0.15) is 25.3 Å². The van der Waals surface area contributed by atoms with Gasteiger partial charge in [0, 0.05) is 24.3 Å². The lowest BCUT2D eigenvalue weighted by Crippen LogP contribution is -2.58.